The number of anilines is 3. The summed E-state index contributed by atoms with van der Waals surface area (Å²) in [6.45, 7) is 0.222. The molecule has 0 radical (unpaired) electrons. The van der Waals surface area contributed by atoms with E-state index in [2.05, 4.69) is 20.3 Å². The monoisotopic (exact) mass is 566 g/mol. The van der Waals surface area contributed by atoms with E-state index in [0.29, 0.717) is 38.7 Å². The summed E-state index contributed by atoms with van der Waals surface area (Å²) in [7, 11) is 1.69. The first kappa shape index (κ1) is 27.2. The third-order valence-electron chi connectivity index (χ3n) is 6.19. The Balaban J connectivity index is 1.39. The lowest BCUT2D eigenvalue weighted by Gasteiger charge is -2.17. The maximum absolute atomic E-state index is 13.2. The zero-order valence-electron chi connectivity index (χ0n) is 22.0. The predicted molar refractivity (Wildman–Crippen MR) is 160 cm³/mol. The number of nitrogens with zero attached hydrogens (tertiary/aromatic N) is 5. The van der Waals surface area contributed by atoms with E-state index in [4.69, 9.17) is 11.5 Å². The average Bonchev–Trinajstić information content (AvgIpc) is 3.59. The summed E-state index contributed by atoms with van der Waals surface area (Å²) in [5.41, 5.74) is 13.9. The maximum atomic E-state index is 13.2. The van der Waals surface area contributed by atoms with Gasteiger partial charge in [-0.25, -0.2) is 15.0 Å². The van der Waals surface area contributed by atoms with E-state index in [1.165, 1.54) is 28.6 Å². The van der Waals surface area contributed by atoms with Gasteiger partial charge in [0.2, 0.25) is 11.9 Å². The van der Waals surface area contributed by atoms with Crippen LogP contribution in [0.15, 0.2) is 73.1 Å². The first-order valence-electron chi connectivity index (χ1n) is 12.6. The highest BCUT2D eigenvalue weighted by molar-refractivity contribution is 7.15. The van der Waals surface area contributed by atoms with Crippen molar-refractivity contribution in [2.24, 2.45) is 5.73 Å². The number of carbonyl (C=O) groups excluding carboxylic acids is 3. The molecular weight excluding hydrogens is 540 g/mol. The van der Waals surface area contributed by atoms with Gasteiger partial charge in [0.15, 0.2) is 5.82 Å². The van der Waals surface area contributed by atoms with Crippen molar-refractivity contribution in [2.45, 2.75) is 13.0 Å². The molecule has 0 unspecified atom stereocenters. The summed E-state index contributed by atoms with van der Waals surface area (Å²) in [6, 6.07) is 17.8. The van der Waals surface area contributed by atoms with E-state index < -0.39 is 5.91 Å². The first-order chi connectivity index (χ1) is 19.8. The van der Waals surface area contributed by atoms with E-state index >= 15 is 0 Å². The molecule has 0 aliphatic carbocycles. The highest BCUT2D eigenvalue weighted by atomic mass is 32.1. The van der Waals surface area contributed by atoms with Crippen LogP contribution in [0.25, 0.3) is 23.2 Å². The molecule has 12 heteroatoms. The quantitative estimate of drug-likeness (QED) is 0.242. The summed E-state index contributed by atoms with van der Waals surface area (Å²) in [6.07, 6.45) is 6.64. The van der Waals surface area contributed by atoms with Crippen LogP contribution in [0.3, 0.4) is 0 Å². The Bertz CT molecular complexity index is 1760. The van der Waals surface area contributed by atoms with Gasteiger partial charge in [0, 0.05) is 36.1 Å². The van der Waals surface area contributed by atoms with Crippen molar-refractivity contribution in [3.63, 3.8) is 0 Å². The van der Waals surface area contributed by atoms with Gasteiger partial charge in [0.1, 0.15) is 0 Å². The van der Waals surface area contributed by atoms with Gasteiger partial charge in [-0.2, -0.15) is 0 Å². The number of amides is 3. The number of nitrogens with two attached hydrogens (primary N) is 2. The summed E-state index contributed by atoms with van der Waals surface area (Å²) in [5.74, 6) is -0.241. The van der Waals surface area contributed by atoms with Crippen LogP contribution < -0.4 is 21.7 Å². The Morgan fingerprint density at radius 3 is 2.51 bits per heavy atom. The molecule has 0 aliphatic heterocycles. The molecule has 0 atom stereocenters. The zero-order valence-corrected chi connectivity index (χ0v) is 22.8. The van der Waals surface area contributed by atoms with Gasteiger partial charge in [-0.3, -0.25) is 19.7 Å². The second-order valence-corrected chi connectivity index (χ2v) is 10.2. The Morgan fingerprint density at radius 2 is 1.78 bits per heavy atom. The Hall–Kier alpha value is -5.36. The van der Waals surface area contributed by atoms with Gasteiger partial charge in [0.05, 0.1) is 34.0 Å². The molecule has 0 fully saturated rings. The third kappa shape index (κ3) is 6.28. The van der Waals surface area contributed by atoms with Gasteiger partial charge in [-0.1, -0.05) is 18.2 Å². The van der Waals surface area contributed by atoms with Crippen LogP contribution in [0.4, 0.5) is 17.3 Å². The Morgan fingerprint density at radius 1 is 1.02 bits per heavy atom. The van der Waals surface area contributed by atoms with E-state index in [1.807, 2.05) is 18.2 Å². The summed E-state index contributed by atoms with van der Waals surface area (Å²) < 4.78 is 1.73. The third-order valence-corrected chi connectivity index (χ3v) is 7.24. The number of nitrogen functional groups attached to an aromatic ring is 1. The van der Waals surface area contributed by atoms with E-state index in [-0.39, 0.29) is 30.7 Å². The van der Waals surface area contributed by atoms with Crippen LogP contribution in [0.1, 0.15) is 37.2 Å². The number of fused-ring (bicyclic) bond motifs is 1. The van der Waals surface area contributed by atoms with Crippen molar-refractivity contribution in [3.05, 3.63) is 94.2 Å². The highest BCUT2D eigenvalue weighted by Gasteiger charge is 2.19. The molecule has 41 heavy (non-hydrogen) atoms. The number of hydrogen-bond acceptors (Lipinski definition) is 8. The lowest BCUT2D eigenvalue weighted by atomic mass is 10.2. The first-order valence-corrected chi connectivity index (χ1v) is 13.4. The minimum absolute atomic E-state index is 0.0592. The maximum Gasteiger partial charge on any atom is 0.268 e. The minimum atomic E-state index is -0.478. The molecule has 5 N–H and O–H groups in total. The van der Waals surface area contributed by atoms with E-state index in [0.717, 1.165) is 4.88 Å². The fourth-order valence-corrected chi connectivity index (χ4v) is 4.89. The fourth-order valence-electron chi connectivity index (χ4n) is 4.08. The number of carbonyl (C=O) groups is 3. The number of nitrogens with one attached hydrogen (secondary N) is 1. The number of rotatable bonds is 9. The number of benzene rings is 2. The van der Waals surface area contributed by atoms with Crippen LogP contribution in [0.2, 0.25) is 0 Å². The van der Waals surface area contributed by atoms with Crippen LogP contribution >= 0.6 is 11.3 Å². The standard InChI is InChI=1S/C29H26N8O3S/c1-36(28(40)18-5-3-2-4-6-18)20-7-10-23-22(15-20)34-29(37(23)14-13-25(31)38)35-27(39)24-11-8-21(41-24)9-12-26-32-16-19(30)17-33-26/h2-12,15-17H,13-14,30H2,1H3,(H2,31,38)(H,34,35,39)/b12-9+. The van der Waals surface area contributed by atoms with Gasteiger partial charge >= 0.3 is 0 Å². The van der Waals surface area contributed by atoms with Gasteiger partial charge in [-0.15, -0.1) is 11.3 Å². The number of imidazole rings is 1. The number of hydrogen-bond donors (Lipinski definition) is 3. The molecule has 0 spiro atoms. The van der Waals surface area contributed by atoms with Crippen LogP contribution in [-0.4, -0.2) is 44.3 Å². The molecule has 2 aromatic carbocycles. The van der Waals surface area contributed by atoms with Crippen molar-refractivity contribution < 1.29 is 14.4 Å². The molecule has 0 bridgehead atoms. The molecule has 206 valence electrons. The Labute approximate surface area is 239 Å². The average molecular weight is 567 g/mol. The number of thiophene rings is 1. The second kappa shape index (κ2) is 11.8. The normalized spacial score (nSPS) is 11.1. The van der Waals surface area contributed by atoms with Gasteiger partial charge in [0.25, 0.3) is 11.8 Å². The second-order valence-electron chi connectivity index (χ2n) is 9.07. The Kier molecular flexibility index (Phi) is 7.83. The van der Waals surface area contributed by atoms with Crippen molar-refractivity contribution >= 4 is 69.6 Å². The smallest absolute Gasteiger partial charge is 0.268 e. The van der Waals surface area contributed by atoms with Gasteiger partial charge in [-0.05, 0) is 54.6 Å². The fraction of sp³-hybridized carbons (Fsp3) is 0.103. The van der Waals surface area contributed by atoms with E-state index in [9.17, 15) is 14.4 Å². The zero-order chi connectivity index (χ0) is 28.9. The van der Waals surface area contributed by atoms with Crippen LogP contribution in [0, 0.1) is 0 Å². The molecule has 3 heterocycles. The molecule has 5 aromatic rings. The SMILES string of the molecule is CN(C(=O)c1ccccc1)c1ccc2c(c1)nc(NC(=O)c1ccc(/C=C/c3ncc(N)cn3)s1)n2CCC(N)=O. The van der Waals surface area contributed by atoms with Crippen molar-refractivity contribution in [2.75, 3.05) is 23.0 Å². The van der Waals surface area contributed by atoms with E-state index in [1.54, 1.807) is 66.2 Å². The lowest BCUT2D eigenvalue weighted by Crippen LogP contribution is -2.26. The molecular formula is C29H26N8O3S. The molecule has 0 aliphatic rings. The summed E-state index contributed by atoms with van der Waals surface area (Å²) in [5, 5.41) is 2.86. The van der Waals surface area contributed by atoms with Gasteiger partial charge < -0.3 is 20.9 Å². The molecule has 11 nitrogen and oxygen atoms in total. The van der Waals surface area contributed by atoms with Crippen molar-refractivity contribution in [1.29, 1.82) is 0 Å². The largest absolute Gasteiger partial charge is 0.396 e. The van der Waals surface area contributed by atoms with Crippen molar-refractivity contribution in [1.82, 2.24) is 19.5 Å². The van der Waals surface area contributed by atoms with Crippen LogP contribution in [-0.2, 0) is 11.3 Å². The molecule has 3 amide bonds. The molecule has 5 rings (SSSR count). The summed E-state index contributed by atoms with van der Waals surface area (Å²) in [4.78, 5) is 53.4. The number of primary amides is 1. The summed E-state index contributed by atoms with van der Waals surface area (Å²) >= 11 is 1.29. The number of aryl methyl sites for hydroxylation is 1. The molecule has 3 aromatic heterocycles. The minimum Gasteiger partial charge on any atom is -0.396 e. The van der Waals surface area contributed by atoms with Crippen molar-refractivity contribution in [3.8, 4) is 0 Å². The topological polar surface area (TPSA) is 162 Å². The predicted octanol–water partition coefficient (Wildman–Crippen LogP) is 4.04. The highest BCUT2D eigenvalue weighted by Crippen LogP contribution is 2.27. The van der Waals surface area contributed by atoms with Crippen LogP contribution in [0.5, 0.6) is 0 Å². The number of aromatic nitrogens is 4. The lowest BCUT2D eigenvalue weighted by molar-refractivity contribution is -0.118. The molecule has 0 saturated heterocycles. The molecule has 0 saturated carbocycles.